The Bertz CT molecular complexity index is 178. The maximum absolute atomic E-state index is 10.7. The van der Waals surface area contributed by atoms with Crippen molar-refractivity contribution >= 4 is 11.9 Å². The smallest absolute Gasteiger partial charge is 0.307 e. The van der Waals surface area contributed by atoms with E-state index in [1.807, 2.05) is 0 Å². The van der Waals surface area contributed by atoms with Crippen molar-refractivity contribution < 1.29 is 19.4 Å². The molecule has 0 heterocycles. The van der Waals surface area contributed by atoms with Crippen LogP contribution >= 0.6 is 0 Å². The minimum atomic E-state index is -0.833. The third-order valence-electron chi connectivity index (χ3n) is 1.58. The third-order valence-corrected chi connectivity index (χ3v) is 1.58. The van der Waals surface area contributed by atoms with Gasteiger partial charge in [-0.25, -0.2) is 0 Å². The molecule has 0 saturated carbocycles. The standard InChI is InChI=1S/C8H17NO2.C2H4O2/c1-3-4-5-7(9)6-8(10)11-2;1-2(3)4/h7H,3-6,9H2,1-2H3;1H3,(H,3,4). The Morgan fingerprint density at radius 3 is 2.27 bits per heavy atom. The molecule has 1 atom stereocenters. The maximum Gasteiger partial charge on any atom is 0.307 e. The molecule has 0 spiro atoms. The Morgan fingerprint density at radius 1 is 1.47 bits per heavy atom. The van der Waals surface area contributed by atoms with Crippen LogP contribution in [0.15, 0.2) is 0 Å². The average molecular weight is 219 g/mol. The van der Waals surface area contributed by atoms with Crippen molar-refractivity contribution in [2.45, 2.75) is 45.6 Å². The highest BCUT2D eigenvalue weighted by atomic mass is 16.5. The molecule has 0 aliphatic rings. The number of esters is 1. The Hall–Kier alpha value is -1.10. The lowest BCUT2D eigenvalue weighted by Gasteiger charge is -2.07. The molecule has 15 heavy (non-hydrogen) atoms. The number of methoxy groups -OCH3 is 1. The highest BCUT2D eigenvalue weighted by Crippen LogP contribution is 2.02. The van der Waals surface area contributed by atoms with Crippen molar-refractivity contribution in [3.05, 3.63) is 0 Å². The summed E-state index contributed by atoms with van der Waals surface area (Å²) in [6.07, 6.45) is 3.45. The molecule has 0 aliphatic heterocycles. The van der Waals surface area contributed by atoms with Crippen LogP contribution < -0.4 is 5.73 Å². The molecular weight excluding hydrogens is 198 g/mol. The van der Waals surface area contributed by atoms with E-state index in [1.165, 1.54) is 7.11 Å². The Kier molecular flexibility index (Phi) is 12.0. The minimum Gasteiger partial charge on any atom is -0.481 e. The summed E-state index contributed by atoms with van der Waals surface area (Å²) >= 11 is 0. The zero-order chi connectivity index (χ0) is 12.3. The monoisotopic (exact) mass is 219 g/mol. The van der Waals surface area contributed by atoms with Crippen molar-refractivity contribution in [2.24, 2.45) is 5.73 Å². The molecule has 0 aromatic heterocycles. The highest BCUT2D eigenvalue weighted by Gasteiger charge is 2.07. The number of hydrogen-bond donors (Lipinski definition) is 2. The van der Waals surface area contributed by atoms with Gasteiger partial charge in [0.05, 0.1) is 13.5 Å². The average Bonchev–Trinajstić information content (AvgIpc) is 2.13. The van der Waals surface area contributed by atoms with E-state index >= 15 is 0 Å². The van der Waals surface area contributed by atoms with Gasteiger partial charge in [0.2, 0.25) is 0 Å². The molecule has 5 nitrogen and oxygen atoms in total. The lowest BCUT2D eigenvalue weighted by atomic mass is 10.1. The number of carbonyl (C=O) groups excluding carboxylic acids is 1. The molecule has 0 radical (unpaired) electrons. The summed E-state index contributed by atoms with van der Waals surface area (Å²) in [5.74, 6) is -1.05. The van der Waals surface area contributed by atoms with Crippen LogP contribution in [-0.4, -0.2) is 30.2 Å². The predicted octanol–water partition coefficient (Wildman–Crippen LogP) is 1.16. The summed E-state index contributed by atoms with van der Waals surface area (Å²) in [5, 5.41) is 7.42. The van der Waals surface area contributed by atoms with Gasteiger partial charge in [0, 0.05) is 13.0 Å². The molecular formula is C10H21NO4. The van der Waals surface area contributed by atoms with Crippen LogP contribution in [0, 0.1) is 0 Å². The van der Waals surface area contributed by atoms with E-state index in [-0.39, 0.29) is 12.0 Å². The van der Waals surface area contributed by atoms with Crippen molar-refractivity contribution in [1.82, 2.24) is 0 Å². The van der Waals surface area contributed by atoms with Crippen LogP contribution in [0.1, 0.15) is 39.5 Å². The second kappa shape index (κ2) is 11.0. The van der Waals surface area contributed by atoms with E-state index in [0.717, 1.165) is 26.2 Å². The van der Waals surface area contributed by atoms with Gasteiger partial charge in [-0.1, -0.05) is 19.8 Å². The topological polar surface area (TPSA) is 89.6 Å². The fraction of sp³-hybridized carbons (Fsp3) is 0.800. The number of carboxylic acids is 1. The van der Waals surface area contributed by atoms with Gasteiger partial charge in [-0.3, -0.25) is 9.59 Å². The summed E-state index contributed by atoms with van der Waals surface area (Å²) < 4.78 is 4.48. The molecule has 90 valence electrons. The van der Waals surface area contributed by atoms with E-state index in [9.17, 15) is 4.79 Å². The first-order valence-corrected chi connectivity index (χ1v) is 4.95. The van der Waals surface area contributed by atoms with Crippen molar-refractivity contribution in [1.29, 1.82) is 0 Å². The maximum atomic E-state index is 10.7. The van der Waals surface area contributed by atoms with Crippen molar-refractivity contribution in [2.75, 3.05) is 7.11 Å². The van der Waals surface area contributed by atoms with Gasteiger partial charge in [-0.05, 0) is 6.42 Å². The first-order valence-electron chi connectivity index (χ1n) is 4.95. The van der Waals surface area contributed by atoms with Crippen LogP contribution in [0.2, 0.25) is 0 Å². The number of rotatable bonds is 5. The zero-order valence-corrected chi connectivity index (χ0v) is 9.66. The number of unbranched alkanes of at least 4 members (excludes halogenated alkanes) is 1. The van der Waals surface area contributed by atoms with Gasteiger partial charge in [0.1, 0.15) is 0 Å². The molecule has 0 saturated heterocycles. The fourth-order valence-electron chi connectivity index (χ4n) is 0.866. The fourth-order valence-corrected chi connectivity index (χ4v) is 0.866. The molecule has 0 aliphatic carbocycles. The molecule has 0 aromatic rings. The van der Waals surface area contributed by atoms with E-state index in [1.54, 1.807) is 0 Å². The Balaban J connectivity index is 0. The number of ether oxygens (including phenoxy) is 1. The van der Waals surface area contributed by atoms with Gasteiger partial charge < -0.3 is 15.6 Å². The molecule has 1 unspecified atom stereocenters. The number of aliphatic carboxylic acids is 1. The van der Waals surface area contributed by atoms with E-state index in [4.69, 9.17) is 15.6 Å². The number of carbonyl (C=O) groups is 2. The molecule has 0 amide bonds. The zero-order valence-electron chi connectivity index (χ0n) is 9.66. The quantitative estimate of drug-likeness (QED) is 0.677. The summed E-state index contributed by atoms with van der Waals surface area (Å²) in [7, 11) is 1.38. The van der Waals surface area contributed by atoms with Crippen LogP contribution in [-0.2, 0) is 14.3 Å². The summed E-state index contributed by atoms with van der Waals surface area (Å²) in [6.45, 7) is 3.19. The van der Waals surface area contributed by atoms with Gasteiger partial charge >= 0.3 is 5.97 Å². The van der Waals surface area contributed by atoms with Gasteiger partial charge in [-0.2, -0.15) is 0 Å². The van der Waals surface area contributed by atoms with Crippen LogP contribution in [0.3, 0.4) is 0 Å². The van der Waals surface area contributed by atoms with E-state index in [2.05, 4.69) is 11.7 Å². The van der Waals surface area contributed by atoms with Gasteiger partial charge in [0.15, 0.2) is 0 Å². The minimum absolute atomic E-state index is 0.0256. The van der Waals surface area contributed by atoms with Gasteiger partial charge in [0.25, 0.3) is 5.97 Å². The largest absolute Gasteiger partial charge is 0.481 e. The molecule has 3 N–H and O–H groups in total. The predicted molar refractivity (Wildman–Crippen MR) is 57.4 cm³/mol. The molecule has 0 aromatic carbocycles. The lowest BCUT2D eigenvalue weighted by Crippen LogP contribution is -2.24. The molecule has 5 heteroatoms. The lowest BCUT2D eigenvalue weighted by molar-refractivity contribution is -0.141. The van der Waals surface area contributed by atoms with Crippen molar-refractivity contribution in [3.63, 3.8) is 0 Å². The number of nitrogens with two attached hydrogens (primary N) is 1. The first-order chi connectivity index (χ1) is 6.93. The SMILES string of the molecule is CC(=O)O.CCCCC(N)CC(=O)OC. The number of hydrogen-bond acceptors (Lipinski definition) is 4. The summed E-state index contributed by atoms with van der Waals surface area (Å²) in [6, 6.07) is -0.0256. The second-order valence-corrected chi connectivity index (χ2v) is 3.20. The summed E-state index contributed by atoms with van der Waals surface area (Å²) in [4.78, 5) is 19.7. The molecule has 0 fully saturated rings. The Labute approximate surface area is 90.6 Å². The Morgan fingerprint density at radius 2 is 1.93 bits per heavy atom. The van der Waals surface area contributed by atoms with Crippen LogP contribution in [0.25, 0.3) is 0 Å². The molecule has 0 rings (SSSR count). The third kappa shape index (κ3) is 19.3. The number of carboxylic acid groups (broad SMARTS) is 1. The van der Waals surface area contributed by atoms with E-state index < -0.39 is 5.97 Å². The van der Waals surface area contributed by atoms with Crippen LogP contribution in [0.4, 0.5) is 0 Å². The summed E-state index contributed by atoms with van der Waals surface area (Å²) in [5.41, 5.74) is 5.64. The normalized spacial score (nSPS) is 10.9. The van der Waals surface area contributed by atoms with Crippen molar-refractivity contribution in [3.8, 4) is 0 Å². The highest BCUT2D eigenvalue weighted by molar-refractivity contribution is 5.69. The van der Waals surface area contributed by atoms with Crippen LogP contribution in [0.5, 0.6) is 0 Å². The second-order valence-electron chi connectivity index (χ2n) is 3.20. The van der Waals surface area contributed by atoms with Gasteiger partial charge in [-0.15, -0.1) is 0 Å². The molecule has 0 bridgehead atoms. The first kappa shape index (κ1) is 16.3. The van der Waals surface area contributed by atoms with E-state index in [0.29, 0.717) is 6.42 Å².